The van der Waals surface area contributed by atoms with Gasteiger partial charge in [0.2, 0.25) is 0 Å². The number of rotatable bonds is 3. The van der Waals surface area contributed by atoms with Gasteiger partial charge in [-0.1, -0.05) is 42.5 Å². The molecule has 0 saturated heterocycles. The molecular weight excluding hydrogens is 356 g/mol. The average Bonchev–Trinajstić information content (AvgIpc) is 2.84. The zero-order chi connectivity index (χ0) is 19.7. The van der Waals surface area contributed by atoms with E-state index in [4.69, 9.17) is 0 Å². The molecule has 1 amide bonds. The number of nitrogens with one attached hydrogen (secondary N) is 1. The van der Waals surface area contributed by atoms with E-state index in [-0.39, 0.29) is 11.6 Å². The van der Waals surface area contributed by atoms with Gasteiger partial charge in [0.15, 0.2) is 6.17 Å². The van der Waals surface area contributed by atoms with Crippen LogP contribution in [0.2, 0.25) is 0 Å². The fourth-order valence-electron chi connectivity index (χ4n) is 3.52. The number of carbonyl (C=O) groups is 1. The van der Waals surface area contributed by atoms with Gasteiger partial charge in [-0.15, -0.1) is 0 Å². The molecule has 3 aromatic rings. The predicted molar refractivity (Wildman–Crippen MR) is 107 cm³/mol. The van der Waals surface area contributed by atoms with Crippen molar-refractivity contribution in [2.75, 3.05) is 17.0 Å². The Morgan fingerprint density at radius 2 is 1.57 bits per heavy atom. The molecule has 0 aromatic heterocycles. The zero-order valence-electron chi connectivity index (χ0n) is 15.1. The lowest BCUT2D eigenvalue weighted by atomic mass is 10.1. The molecule has 1 atom stereocenters. The highest BCUT2D eigenvalue weighted by Crippen LogP contribution is 2.38. The van der Waals surface area contributed by atoms with Gasteiger partial charge in [-0.25, -0.2) is 0 Å². The van der Waals surface area contributed by atoms with Gasteiger partial charge in [-0.05, 0) is 30.3 Å². The smallest absolute Gasteiger partial charge is 0.276 e. The van der Waals surface area contributed by atoms with Crippen molar-refractivity contribution in [1.82, 2.24) is 5.43 Å². The molecule has 0 saturated carbocycles. The Labute approximate surface area is 161 Å². The third kappa shape index (κ3) is 2.92. The zero-order valence-corrected chi connectivity index (χ0v) is 15.1. The van der Waals surface area contributed by atoms with E-state index >= 15 is 0 Å². The number of amides is 1. The SMILES string of the molecule is CN1c2ccccc2C(=O)NN(c2ccccc2)C1c1ccccc1[N+](=O)[O-]. The van der Waals surface area contributed by atoms with E-state index < -0.39 is 11.1 Å². The maximum Gasteiger partial charge on any atom is 0.276 e. The molecule has 7 heteroatoms. The summed E-state index contributed by atoms with van der Waals surface area (Å²) in [6, 6.07) is 23.1. The van der Waals surface area contributed by atoms with E-state index in [0.29, 0.717) is 16.8 Å². The molecule has 1 heterocycles. The summed E-state index contributed by atoms with van der Waals surface area (Å²) < 4.78 is 0. The van der Waals surface area contributed by atoms with E-state index in [1.54, 1.807) is 35.3 Å². The van der Waals surface area contributed by atoms with Crippen molar-refractivity contribution < 1.29 is 9.72 Å². The molecule has 3 aromatic carbocycles. The third-order valence-corrected chi connectivity index (χ3v) is 4.81. The third-order valence-electron chi connectivity index (χ3n) is 4.81. The Kier molecular flexibility index (Phi) is 4.41. The van der Waals surface area contributed by atoms with Crippen LogP contribution >= 0.6 is 0 Å². The van der Waals surface area contributed by atoms with Crippen LogP contribution in [0.25, 0.3) is 0 Å². The summed E-state index contributed by atoms with van der Waals surface area (Å²) in [7, 11) is 1.83. The molecule has 28 heavy (non-hydrogen) atoms. The lowest BCUT2D eigenvalue weighted by Crippen LogP contribution is -2.47. The number of anilines is 2. The van der Waals surface area contributed by atoms with E-state index in [1.807, 2.05) is 54.4 Å². The van der Waals surface area contributed by atoms with Gasteiger partial charge >= 0.3 is 0 Å². The second-order valence-corrected chi connectivity index (χ2v) is 6.46. The number of carbonyl (C=O) groups excluding carboxylic acids is 1. The Bertz CT molecular complexity index is 1040. The van der Waals surface area contributed by atoms with Crippen LogP contribution in [-0.4, -0.2) is 17.9 Å². The number of hydrogen-bond acceptors (Lipinski definition) is 5. The fraction of sp³-hybridized carbons (Fsp3) is 0.0952. The molecule has 0 bridgehead atoms. The van der Waals surface area contributed by atoms with Crippen LogP contribution in [0.4, 0.5) is 17.1 Å². The number of hydrogen-bond donors (Lipinski definition) is 1. The van der Waals surface area contributed by atoms with Crippen molar-refractivity contribution in [3.05, 3.63) is 100 Å². The number of nitrogens with zero attached hydrogens (tertiary/aromatic N) is 3. The maximum absolute atomic E-state index is 12.9. The largest absolute Gasteiger partial charge is 0.348 e. The van der Waals surface area contributed by atoms with Gasteiger partial charge in [0.1, 0.15) is 0 Å². The number of hydrazine groups is 1. The molecule has 140 valence electrons. The van der Waals surface area contributed by atoms with Crippen molar-refractivity contribution in [2.24, 2.45) is 0 Å². The highest BCUT2D eigenvalue weighted by atomic mass is 16.6. The normalized spacial score (nSPS) is 16.2. The summed E-state index contributed by atoms with van der Waals surface area (Å²) >= 11 is 0. The molecule has 1 unspecified atom stereocenters. The first-order valence-corrected chi connectivity index (χ1v) is 8.78. The maximum atomic E-state index is 12.9. The molecule has 0 spiro atoms. The van der Waals surface area contributed by atoms with Gasteiger partial charge in [-0.2, -0.15) is 0 Å². The van der Waals surface area contributed by atoms with Crippen LogP contribution in [-0.2, 0) is 0 Å². The topological polar surface area (TPSA) is 78.7 Å². The Morgan fingerprint density at radius 3 is 2.32 bits per heavy atom. The number of fused-ring (bicyclic) bond motifs is 1. The highest BCUT2D eigenvalue weighted by Gasteiger charge is 2.36. The molecular formula is C21H18N4O3. The standard InChI is InChI=1S/C21H18N4O3/c1-23-18-13-7-5-11-16(18)20(26)22-24(15-9-3-2-4-10-15)21(23)17-12-6-8-14-19(17)25(27)28/h2-14,21H,1H3,(H,22,26). The van der Waals surface area contributed by atoms with Crippen molar-refractivity contribution >= 4 is 23.0 Å². The van der Waals surface area contributed by atoms with Crippen LogP contribution in [0.15, 0.2) is 78.9 Å². The van der Waals surface area contributed by atoms with Gasteiger partial charge in [0.05, 0.1) is 27.4 Å². The van der Waals surface area contributed by atoms with E-state index in [9.17, 15) is 14.9 Å². The summed E-state index contributed by atoms with van der Waals surface area (Å²) in [6.45, 7) is 0. The van der Waals surface area contributed by atoms with Crippen LogP contribution in [0.3, 0.4) is 0 Å². The first-order chi connectivity index (χ1) is 13.6. The van der Waals surface area contributed by atoms with Gasteiger partial charge in [-0.3, -0.25) is 25.3 Å². The van der Waals surface area contributed by atoms with E-state index in [2.05, 4.69) is 5.43 Å². The lowest BCUT2D eigenvalue weighted by Gasteiger charge is -2.37. The summed E-state index contributed by atoms with van der Waals surface area (Å²) in [6.07, 6.45) is -0.614. The molecule has 4 rings (SSSR count). The summed E-state index contributed by atoms with van der Waals surface area (Å²) in [4.78, 5) is 26.1. The first-order valence-electron chi connectivity index (χ1n) is 8.78. The Hall–Kier alpha value is -3.87. The minimum Gasteiger partial charge on any atom is -0.348 e. The number of nitro benzene ring substituents is 1. The number of para-hydroxylation sites is 3. The molecule has 0 fully saturated rings. The molecule has 1 N–H and O–H groups in total. The summed E-state index contributed by atoms with van der Waals surface area (Å²) in [5.74, 6) is -0.271. The van der Waals surface area contributed by atoms with Gasteiger partial charge < -0.3 is 4.90 Å². The van der Waals surface area contributed by atoms with Gasteiger partial charge in [0.25, 0.3) is 11.6 Å². The second-order valence-electron chi connectivity index (χ2n) is 6.46. The van der Waals surface area contributed by atoms with Gasteiger partial charge in [0, 0.05) is 13.1 Å². The van der Waals surface area contributed by atoms with Crippen LogP contribution in [0, 0.1) is 10.1 Å². The minimum atomic E-state index is -0.614. The molecule has 1 aliphatic rings. The quantitative estimate of drug-likeness (QED) is 0.556. The first kappa shape index (κ1) is 17.5. The van der Waals surface area contributed by atoms with Crippen LogP contribution < -0.4 is 15.3 Å². The summed E-state index contributed by atoms with van der Waals surface area (Å²) in [5.41, 5.74) is 5.33. The monoisotopic (exact) mass is 374 g/mol. The summed E-state index contributed by atoms with van der Waals surface area (Å²) in [5, 5.41) is 13.4. The van der Waals surface area contributed by atoms with Crippen molar-refractivity contribution in [3.8, 4) is 0 Å². The molecule has 0 aliphatic carbocycles. The molecule has 7 nitrogen and oxygen atoms in total. The fourth-order valence-corrected chi connectivity index (χ4v) is 3.52. The molecule has 1 aliphatic heterocycles. The van der Waals surface area contributed by atoms with Crippen molar-refractivity contribution in [1.29, 1.82) is 0 Å². The van der Waals surface area contributed by atoms with Crippen molar-refractivity contribution in [3.63, 3.8) is 0 Å². The second kappa shape index (κ2) is 7.03. The lowest BCUT2D eigenvalue weighted by molar-refractivity contribution is -0.385. The van der Waals surface area contributed by atoms with Crippen LogP contribution in [0.5, 0.6) is 0 Å². The van der Waals surface area contributed by atoms with Crippen LogP contribution in [0.1, 0.15) is 22.1 Å². The average molecular weight is 374 g/mol. The predicted octanol–water partition coefficient (Wildman–Crippen LogP) is 3.89. The Balaban J connectivity index is 1.95. The van der Waals surface area contributed by atoms with Crippen molar-refractivity contribution in [2.45, 2.75) is 6.17 Å². The van der Waals surface area contributed by atoms with E-state index in [0.717, 1.165) is 5.69 Å². The van der Waals surface area contributed by atoms with E-state index in [1.165, 1.54) is 6.07 Å². The number of benzene rings is 3. The molecule has 0 radical (unpaired) electrons. The minimum absolute atomic E-state index is 0.00564. The number of nitro groups is 1. The highest BCUT2D eigenvalue weighted by molar-refractivity contribution is 6.01. The Morgan fingerprint density at radius 1 is 0.929 bits per heavy atom.